The average molecular weight is 330 g/mol. The summed E-state index contributed by atoms with van der Waals surface area (Å²) in [5.74, 6) is 1.92. The van der Waals surface area contributed by atoms with Crippen LogP contribution in [0.25, 0.3) is 0 Å². The van der Waals surface area contributed by atoms with E-state index >= 15 is 0 Å². The number of imidazole rings is 1. The highest BCUT2D eigenvalue weighted by Crippen LogP contribution is 2.23. The normalized spacial score (nSPS) is 27.5. The van der Waals surface area contributed by atoms with Gasteiger partial charge in [0.1, 0.15) is 5.37 Å². The van der Waals surface area contributed by atoms with Crippen molar-refractivity contribution in [3.05, 3.63) is 17.7 Å². The van der Waals surface area contributed by atoms with E-state index in [0.717, 1.165) is 43.2 Å². The van der Waals surface area contributed by atoms with Gasteiger partial charge in [0.25, 0.3) is 0 Å². The molecule has 21 heavy (non-hydrogen) atoms. The summed E-state index contributed by atoms with van der Waals surface area (Å²) in [4.78, 5) is 9.63. The molecule has 8 heteroatoms. The number of fused-ring (bicyclic) bond motifs is 1. The van der Waals surface area contributed by atoms with Gasteiger partial charge in [-0.05, 0) is 0 Å². The lowest BCUT2D eigenvalue weighted by atomic mass is 10.0. The van der Waals surface area contributed by atoms with Crippen LogP contribution in [0.3, 0.4) is 0 Å². The molecular weight excluding hydrogens is 308 g/mol. The number of sulfone groups is 1. The van der Waals surface area contributed by atoms with Gasteiger partial charge in [-0.2, -0.15) is 11.8 Å². The molecule has 2 unspecified atom stereocenters. The number of H-pyrrole nitrogens is 1. The highest BCUT2D eigenvalue weighted by atomic mass is 32.2. The molecule has 118 valence electrons. The Balaban J connectivity index is 1.68. The monoisotopic (exact) mass is 330 g/mol. The predicted molar refractivity (Wildman–Crippen MR) is 85.1 cm³/mol. The van der Waals surface area contributed by atoms with E-state index in [1.54, 1.807) is 25.0 Å². The molecule has 0 spiro atoms. The van der Waals surface area contributed by atoms with Crippen molar-refractivity contribution in [3.8, 4) is 0 Å². The number of aromatic nitrogens is 2. The summed E-state index contributed by atoms with van der Waals surface area (Å²) in [5, 5.41) is 3.15. The summed E-state index contributed by atoms with van der Waals surface area (Å²) in [6.45, 7) is 4.15. The second-order valence-corrected chi connectivity index (χ2v) is 9.18. The molecule has 0 aromatic carbocycles. The molecule has 2 atom stereocenters. The topological polar surface area (TPSA) is 78.1 Å². The molecule has 3 heterocycles. The summed E-state index contributed by atoms with van der Waals surface area (Å²) in [7, 11) is -3.02. The largest absolute Gasteiger partial charge is 0.347 e. The zero-order valence-electron chi connectivity index (χ0n) is 12.2. The van der Waals surface area contributed by atoms with Gasteiger partial charge in [0.2, 0.25) is 0 Å². The van der Waals surface area contributed by atoms with Gasteiger partial charge in [-0.25, -0.2) is 13.4 Å². The lowest BCUT2D eigenvalue weighted by molar-refractivity contribution is 0.231. The quantitative estimate of drug-likeness (QED) is 0.823. The van der Waals surface area contributed by atoms with Crippen molar-refractivity contribution < 1.29 is 8.42 Å². The molecular formula is C13H22N4O2S2. The predicted octanol–water partition coefficient (Wildman–Crippen LogP) is 0.234. The highest BCUT2D eigenvalue weighted by Gasteiger charge is 2.34. The van der Waals surface area contributed by atoms with Crippen LogP contribution >= 0.6 is 11.8 Å². The Morgan fingerprint density at radius 1 is 1.52 bits per heavy atom. The van der Waals surface area contributed by atoms with E-state index in [9.17, 15) is 8.42 Å². The zero-order chi connectivity index (χ0) is 14.9. The first kappa shape index (κ1) is 15.3. The number of nitrogens with one attached hydrogen (secondary N) is 2. The lowest BCUT2D eigenvalue weighted by Gasteiger charge is -2.37. The van der Waals surface area contributed by atoms with Crippen LogP contribution in [-0.2, 0) is 22.8 Å². The van der Waals surface area contributed by atoms with Crippen LogP contribution in [0.1, 0.15) is 18.3 Å². The van der Waals surface area contributed by atoms with Crippen molar-refractivity contribution in [2.75, 3.05) is 30.3 Å². The molecule has 2 aliphatic heterocycles. The van der Waals surface area contributed by atoms with E-state index in [0.29, 0.717) is 5.75 Å². The summed E-state index contributed by atoms with van der Waals surface area (Å²) in [5.41, 5.74) is 2.26. The molecule has 0 radical (unpaired) electrons. The number of hydrogen-bond acceptors (Lipinski definition) is 6. The van der Waals surface area contributed by atoms with E-state index in [4.69, 9.17) is 0 Å². The minimum absolute atomic E-state index is 0.219. The SMILES string of the molecule is CCS(=O)(=O)C1CSCCN1CC1Cc2nc[nH]c2CN1. The first-order valence-electron chi connectivity index (χ1n) is 7.38. The van der Waals surface area contributed by atoms with Crippen LogP contribution in [-0.4, -0.2) is 65.0 Å². The summed E-state index contributed by atoms with van der Waals surface area (Å²) >= 11 is 1.74. The maximum absolute atomic E-state index is 12.3. The van der Waals surface area contributed by atoms with Crippen LogP contribution in [0.5, 0.6) is 0 Å². The van der Waals surface area contributed by atoms with Crippen LogP contribution in [0.15, 0.2) is 6.33 Å². The van der Waals surface area contributed by atoms with Gasteiger partial charge in [0.05, 0.1) is 17.7 Å². The third kappa shape index (κ3) is 3.28. The smallest absolute Gasteiger partial charge is 0.166 e. The standard InChI is InChI=1S/C13H22N4O2S2/c1-2-21(18,19)13-8-20-4-3-17(13)7-10-5-11-12(6-14-10)16-9-15-11/h9-10,13-14H,2-8H2,1H3,(H,15,16). The number of aromatic amines is 1. The Hall–Kier alpha value is -0.570. The van der Waals surface area contributed by atoms with Crippen LogP contribution < -0.4 is 5.32 Å². The molecule has 0 bridgehead atoms. The van der Waals surface area contributed by atoms with E-state index in [1.165, 1.54) is 0 Å². The van der Waals surface area contributed by atoms with Crippen LogP contribution in [0.4, 0.5) is 0 Å². The number of rotatable bonds is 4. The van der Waals surface area contributed by atoms with E-state index in [2.05, 4.69) is 20.2 Å². The Bertz CT molecular complexity index is 587. The van der Waals surface area contributed by atoms with Crippen molar-refractivity contribution in [1.29, 1.82) is 0 Å². The summed E-state index contributed by atoms with van der Waals surface area (Å²) in [6.07, 6.45) is 2.60. The van der Waals surface area contributed by atoms with Crippen molar-refractivity contribution in [3.63, 3.8) is 0 Å². The Labute approximate surface area is 130 Å². The van der Waals surface area contributed by atoms with Crippen molar-refractivity contribution >= 4 is 21.6 Å². The van der Waals surface area contributed by atoms with E-state index < -0.39 is 9.84 Å². The fraction of sp³-hybridized carbons (Fsp3) is 0.769. The van der Waals surface area contributed by atoms with Gasteiger partial charge in [-0.3, -0.25) is 4.90 Å². The minimum Gasteiger partial charge on any atom is -0.347 e. The van der Waals surface area contributed by atoms with Gasteiger partial charge in [-0.15, -0.1) is 0 Å². The first-order valence-corrected chi connectivity index (χ1v) is 10.2. The van der Waals surface area contributed by atoms with Gasteiger partial charge < -0.3 is 10.3 Å². The van der Waals surface area contributed by atoms with Gasteiger partial charge in [0.15, 0.2) is 9.84 Å². The number of hydrogen-bond donors (Lipinski definition) is 2. The van der Waals surface area contributed by atoms with Crippen molar-refractivity contribution in [2.24, 2.45) is 0 Å². The fourth-order valence-electron chi connectivity index (χ4n) is 2.99. The van der Waals surface area contributed by atoms with Gasteiger partial charge in [0, 0.05) is 49.4 Å². The van der Waals surface area contributed by atoms with Crippen molar-refractivity contribution in [1.82, 2.24) is 20.2 Å². The van der Waals surface area contributed by atoms with E-state index in [1.807, 2.05) is 0 Å². The van der Waals surface area contributed by atoms with Gasteiger partial charge >= 0.3 is 0 Å². The molecule has 1 saturated heterocycles. The maximum Gasteiger partial charge on any atom is 0.166 e. The third-order valence-electron chi connectivity index (χ3n) is 4.28. The summed E-state index contributed by atoms with van der Waals surface area (Å²) in [6, 6.07) is 0.276. The molecule has 1 fully saturated rings. The third-order valence-corrected chi connectivity index (χ3v) is 7.61. The molecule has 2 N–H and O–H groups in total. The molecule has 2 aliphatic rings. The Morgan fingerprint density at radius 3 is 3.19 bits per heavy atom. The first-order chi connectivity index (χ1) is 10.1. The highest BCUT2D eigenvalue weighted by molar-refractivity contribution is 8.01. The van der Waals surface area contributed by atoms with Crippen LogP contribution in [0.2, 0.25) is 0 Å². The molecule has 0 aliphatic carbocycles. The second kappa shape index (κ2) is 6.28. The molecule has 6 nitrogen and oxygen atoms in total. The molecule has 0 amide bonds. The fourth-order valence-corrected chi connectivity index (χ4v) is 6.08. The Morgan fingerprint density at radius 2 is 2.38 bits per heavy atom. The number of thioether (sulfide) groups is 1. The van der Waals surface area contributed by atoms with E-state index in [-0.39, 0.29) is 17.2 Å². The minimum atomic E-state index is -3.02. The Kier molecular flexibility index (Phi) is 4.58. The zero-order valence-corrected chi connectivity index (χ0v) is 13.8. The average Bonchev–Trinajstić information content (AvgIpc) is 2.95. The molecule has 1 aromatic heterocycles. The van der Waals surface area contributed by atoms with Crippen LogP contribution in [0, 0.1) is 0 Å². The van der Waals surface area contributed by atoms with Gasteiger partial charge in [-0.1, -0.05) is 6.92 Å². The number of nitrogens with zero attached hydrogens (tertiary/aromatic N) is 2. The molecule has 0 saturated carbocycles. The molecule has 1 aromatic rings. The summed E-state index contributed by atoms with van der Waals surface area (Å²) < 4.78 is 24.5. The van der Waals surface area contributed by atoms with Crippen molar-refractivity contribution in [2.45, 2.75) is 31.3 Å². The molecule has 3 rings (SSSR count). The lowest BCUT2D eigenvalue weighted by Crippen LogP contribution is -2.53. The maximum atomic E-state index is 12.3. The second-order valence-electron chi connectivity index (χ2n) is 5.59.